The smallest absolute Gasteiger partial charge is 0.162 e. The molecule has 0 heterocycles. The van der Waals surface area contributed by atoms with E-state index in [1.807, 2.05) is 0 Å². The maximum atomic E-state index is 10.2. The number of aliphatic hydroxyl groups excluding tert-OH is 1. The van der Waals surface area contributed by atoms with Crippen molar-refractivity contribution in [1.29, 1.82) is 0 Å². The number of nitrogens with two attached hydrogens (primary N) is 1. The number of hydrogen-bond donors (Lipinski definition) is 3. The zero-order chi connectivity index (χ0) is 13.3. The molecule has 4 nitrogen and oxygen atoms in total. The third-order valence-electron chi connectivity index (χ3n) is 3.65. The van der Waals surface area contributed by atoms with Crippen LogP contribution in [0.5, 0.6) is 11.5 Å². The number of rotatable bonds is 4. The molecule has 1 aromatic rings. The molecule has 1 saturated carbocycles. The fourth-order valence-electron chi connectivity index (χ4n) is 2.26. The van der Waals surface area contributed by atoms with E-state index in [0.29, 0.717) is 11.3 Å². The second kappa shape index (κ2) is 6.79. The first-order valence-electron chi connectivity index (χ1n) is 6.04. The summed E-state index contributed by atoms with van der Waals surface area (Å²) in [6.07, 6.45) is 2.52. The summed E-state index contributed by atoms with van der Waals surface area (Å²) in [5, 5.41) is 20.2. The van der Waals surface area contributed by atoms with Crippen LogP contribution in [0.25, 0.3) is 0 Å². The first-order valence-corrected chi connectivity index (χ1v) is 6.84. The van der Waals surface area contributed by atoms with E-state index in [4.69, 9.17) is 10.5 Å². The molecule has 0 radical (unpaired) electrons. The largest absolute Gasteiger partial charge is 0.504 e. The Bertz CT molecular complexity index is 440. The second-order valence-electron chi connectivity index (χ2n) is 4.75. The van der Waals surface area contributed by atoms with E-state index < -0.39 is 12.1 Å². The molecule has 0 saturated heterocycles. The lowest BCUT2D eigenvalue weighted by atomic mass is 9.77. The van der Waals surface area contributed by atoms with Crippen LogP contribution in [0, 0.1) is 5.92 Å². The predicted octanol–water partition coefficient (Wildman–Crippen LogP) is 2.75. The number of phenols is 1. The van der Waals surface area contributed by atoms with Crippen LogP contribution >= 0.6 is 28.3 Å². The van der Waals surface area contributed by atoms with Crippen LogP contribution in [-0.2, 0) is 0 Å². The third-order valence-corrected chi connectivity index (χ3v) is 4.11. The average Bonchev–Trinajstić information content (AvgIpc) is 2.28. The van der Waals surface area contributed by atoms with Crippen molar-refractivity contribution in [2.75, 3.05) is 7.11 Å². The highest BCUT2D eigenvalue weighted by molar-refractivity contribution is 9.10. The van der Waals surface area contributed by atoms with Gasteiger partial charge < -0.3 is 20.7 Å². The van der Waals surface area contributed by atoms with Gasteiger partial charge in [-0.2, -0.15) is 0 Å². The van der Waals surface area contributed by atoms with Crippen LogP contribution in [0.4, 0.5) is 0 Å². The number of ether oxygens (including phenoxy) is 1. The first kappa shape index (κ1) is 16.6. The van der Waals surface area contributed by atoms with Crippen molar-refractivity contribution < 1.29 is 14.9 Å². The first-order chi connectivity index (χ1) is 8.54. The Morgan fingerprint density at radius 1 is 1.42 bits per heavy atom. The van der Waals surface area contributed by atoms with Crippen molar-refractivity contribution >= 4 is 28.3 Å². The van der Waals surface area contributed by atoms with Gasteiger partial charge in [0.2, 0.25) is 0 Å². The standard InChI is InChI=1S/C13H18BrNO3.ClH/c1-18-10-6-8(14)5-9(13(10)17)11(15)12(16)7-3-2-4-7;/h5-7,11-12,16-17H,2-4,15H2,1H3;1H/t11-,12+;/m0./s1. The van der Waals surface area contributed by atoms with E-state index in [1.165, 1.54) is 7.11 Å². The average molecular weight is 353 g/mol. The van der Waals surface area contributed by atoms with Crippen molar-refractivity contribution in [1.82, 2.24) is 0 Å². The van der Waals surface area contributed by atoms with Gasteiger partial charge in [-0.1, -0.05) is 22.4 Å². The van der Waals surface area contributed by atoms with E-state index in [9.17, 15) is 10.2 Å². The molecule has 6 heteroatoms. The predicted molar refractivity (Wildman–Crippen MR) is 79.9 cm³/mol. The third kappa shape index (κ3) is 3.34. The molecule has 4 N–H and O–H groups in total. The molecule has 1 aliphatic carbocycles. The van der Waals surface area contributed by atoms with Crippen molar-refractivity contribution in [3.63, 3.8) is 0 Å². The molecule has 1 fully saturated rings. The van der Waals surface area contributed by atoms with Gasteiger partial charge in [-0.15, -0.1) is 12.4 Å². The zero-order valence-corrected chi connectivity index (χ0v) is 13.1. The highest BCUT2D eigenvalue weighted by Crippen LogP contribution is 2.40. The highest BCUT2D eigenvalue weighted by atomic mass is 79.9. The molecule has 2 rings (SSSR count). The van der Waals surface area contributed by atoms with Gasteiger partial charge in [0.1, 0.15) is 0 Å². The normalized spacial score (nSPS) is 18.1. The van der Waals surface area contributed by atoms with Crippen LogP contribution in [0.15, 0.2) is 16.6 Å². The highest BCUT2D eigenvalue weighted by Gasteiger charge is 2.32. The van der Waals surface area contributed by atoms with Crippen molar-refractivity contribution in [2.45, 2.75) is 31.4 Å². The van der Waals surface area contributed by atoms with Crippen LogP contribution in [0.1, 0.15) is 30.9 Å². The Labute approximate surface area is 127 Å². The molecule has 2 atom stereocenters. The minimum atomic E-state index is -0.622. The second-order valence-corrected chi connectivity index (χ2v) is 5.67. The van der Waals surface area contributed by atoms with Crippen molar-refractivity contribution in [2.24, 2.45) is 11.7 Å². The van der Waals surface area contributed by atoms with Crippen LogP contribution < -0.4 is 10.5 Å². The molecular formula is C13H19BrClNO3. The number of aromatic hydroxyl groups is 1. The van der Waals surface area contributed by atoms with E-state index in [0.717, 1.165) is 23.7 Å². The van der Waals surface area contributed by atoms with Crippen LogP contribution in [0.2, 0.25) is 0 Å². The number of hydrogen-bond acceptors (Lipinski definition) is 4. The SMILES string of the molecule is COc1cc(Br)cc([C@H](N)[C@H](O)C2CCC2)c1O.Cl. The molecule has 1 aliphatic rings. The molecule has 0 aromatic heterocycles. The van der Waals surface area contributed by atoms with Gasteiger partial charge in [0.25, 0.3) is 0 Å². The van der Waals surface area contributed by atoms with Gasteiger partial charge in [-0.25, -0.2) is 0 Å². The number of halogens is 2. The summed E-state index contributed by atoms with van der Waals surface area (Å²) in [4.78, 5) is 0. The molecular weight excluding hydrogens is 334 g/mol. The molecule has 0 bridgehead atoms. The number of benzene rings is 1. The summed E-state index contributed by atoms with van der Waals surface area (Å²) < 4.78 is 5.85. The summed E-state index contributed by atoms with van der Waals surface area (Å²) in [6, 6.07) is 2.80. The molecule has 1 aromatic carbocycles. The Morgan fingerprint density at radius 3 is 2.53 bits per heavy atom. The fraction of sp³-hybridized carbons (Fsp3) is 0.538. The van der Waals surface area contributed by atoms with E-state index in [2.05, 4.69) is 15.9 Å². The molecule has 0 amide bonds. The topological polar surface area (TPSA) is 75.7 Å². The van der Waals surface area contributed by atoms with Gasteiger partial charge in [0.05, 0.1) is 19.3 Å². The summed E-state index contributed by atoms with van der Waals surface area (Å²) in [5.74, 6) is 0.603. The Hall–Kier alpha value is -0.490. The molecule has 0 unspecified atom stereocenters. The minimum Gasteiger partial charge on any atom is -0.504 e. The fourth-order valence-corrected chi connectivity index (χ4v) is 2.72. The van der Waals surface area contributed by atoms with Crippen molar-refractivity contribution in [3.8, 4) is 11.5 Å². The van der Waals surface area contributed by atoms with Gasteiger partial charge >= 0.3 is 0 Å². The molecule has 108 valence electrons. The number of methoxy groups -OCH3 is 1. The van der Waals surface area contributed by atoms with Gasteiger partial charge in [0, 0.05) is 10.0 Å². The van der Waals surface area contributed by atoms with Crippen LogP contribution in [0.3, 0.4) is 0 Å². The minimum absolute atomic E-state index is 0. The Kier molecular flexibility index (Phi) is 5.92. The lowest BCUT2D eigenvalue weighted by Gasteiger charge is -2.34. The quantitative estimate of drug-likeness (QED) is 0.779. The zero-order valence-electron chi connectivity index (χ0n) is 10.7. The Morgan fingerprint density at radius 2 is 2.05 bits per heavy atom. The molecule has 0 spiro atoms. The molecule has 19 heavy (non-hydrogen) atoms. The summed E-state index contributed by atoms with van der Waals surface area (Å²) in [7, 11) is 1.49. The summed E-state index contributed by atoms with van der Waals surface area (Å²) in [6.45, 7) is 0. The number of phenolic OH excluding ortho intramolecular Hbond substituents is 1. The lowest BCUT2D eigenvalue weighted by molar-refractivity contribution is 0.0407. The lowest BCUT2D eigenvalue weighted by Crippen LogP contribution is -2.36. The van der Waals surface area contributed by atoms with E-state index >= 15 is 0 Å². The van der Waals surface area contributed by atoms with Gasteiger partial charge in [0.15, 0.2) is 11.5 Å². The van der Waals surface area contributed by atoms with Gasteiger partial charge in [-0.3, -0.25) is 0 Å². The van der Waals surface area contributed by atoms with Crippen LogP contribution in [-0.4, -0.2) is 23.4 Å². The maximum absolute atomic E-state index is 10.2. The monoisotopic (exact) mass is 351 g/mol. The summed E-state index contributed by atoms with van der Waals surface area (Å²) >= 11 is 3.35. The van der Waals surface area contributed by atoms with E-state index in [1.54, 1.807) is 12.1 Å². The summed E-state index contributed by atoms with van der Waals surface area (Å²) in [5.41, 5.74) is 6.57. The van der Waals surface area contributed by atoms with Crippen molar-refractivity contribution in [3.05, 3.63) is 22.2 Å². The Balaban J connectivity index is 0.00000180. The van der Waals surface area contributed by atoms with Gasteiger partial charge in [-0.05, 0) is 30.9 Å². The maximum Gasteiger partial charge on any atom is 0.162 e. The number of aliphatic hydroxyl groups is 1. The van der Waals surface area contributed by atoms with E-state index in [-0.39, 0.29) is 24.1 Å². The molecule has 0 aliphatic heterocycles.